The topological polar surface area (TPSA) is 88.1 Å². The molecule has 0 spiro atoms. The average molecular weight is 347 g/mol. The molecule has 0 unspecified atom stereocenters. The van der Waals surface area contributed by atoms with Crippen LogP contribution >= 0.6 is 0 Å². The molecule has 128 valence electrons. The Labute approximate surface area is 148 Å². The van der Waals surface area contributed by atoms with E-state index in [1.165, 1.54) is 0 Å². The van der Waals surface area contributed by atoms with Crippen LogP contribution in [0.15, 0.2) is 65.6 Å². The Kier molecular flexibility index (Phi) is 3.38. The first-order valence-electron chi connectivity index (χ1n) is 8.05. The van der Waals surface area contributed by atoms with Gasteiger partial charge in [0.15, 0.2) is 17.3 Å². The second kappa shape index (κ2) is 5.99. The maximum absolute atomic E-state index is 5.89. The highest BCUT2D eigenvalue weighted by Gasteiger charge is 2.27. The molecule has 8 heteroatoms. The van der Waals surface area contributed by atoms with Crippen LogP contribution in [0.1, 0.15) is 12.0 Å². The van der Waals surface area contributed by atoms with Gasteiger partial charge >= 0.3 is 0 Å². The molecule has 0 radical (unpaired) electrons. The molecule has 4 aromatic rings. The van der Waals surface area contributed by atoms with Gasteiger partial charge in [0, 0.05) is 24.2 Å². The highest BCUT2D eigenvalue weighted by Crippen LogP contribution is 2.35. The minimum absolute atomic E-state index is 0.315. The van der Waals surface area contributed by atoms with Gasteiger partial charge in [-0.1, -0.05) is 17.3 Å². The number of hydrogen-bond donors (Lipinski definition) is 0. The van der Waals surface area contributed by atoms with Crippen LogP contribution in [0, 0.1) is 0 Å². The molecule has 0 saturated carbocycles. The first-order valence-corrected chi connectivity index (χ1v) is 8.05. The summed E-state index contributed by atoms with van der Waals surface area (Å²) >= 11 is 0. The summed E-state index contributed by atoms with van der Waals surface area (Å²) in [6, 6.07) is 13.0. The lowest BCUT2D eigenvalue weighted by Crippen LogP contribution is -2.21. The smallest absolute Gasteiger partial charge is 0.271 e. The van der Waals surface area contributed by atoms with Gasteiger partial charge in [-0.05, 0) is 30.3 Å². The van der Waals surface area contributed by atoms with Crippen molar-refractivity contribution < 1.29 is 14.0 Å². The molecule has 0 saturated heterocycles. The number of benzene rings is 1. The number of ether oxygens (including phenoxy) is 2. The Morgan fingerprint density at radius 1 is 1.04 bits per heavy atom. The zero-order valence-electron chi connectivity index (χ0n) is 13.5. The Balaban J connectivity index is 1.37. The van der Waals surface area contributed by atoms with Gasteiger partial charge in [0.05, 0.1) is 0 Å². The van der Waals surface area contributed by atoms with Gasteiger partial charge in [0.1, 0.15) is 6.61 Å². The predicted molar refractivity (Wildman–Crippen MR) is 90.0 cm³/mol. The van der Waals surface area contributed by atoms with Crippen molar-refractivity contribution >= 4 is 0 Å². The zero-order valence-corrected chi connectivity index (χ0v) is 13.5. The van der Waals surface area contributed by atoms with Crippen molar-refractivity contribution in [2.24, 2.45) is 0 Å². The van der Waals surface area contributed by atoms with Crippen LogP contribution in [0.4, 0.5) is 0 Å². The minimum Gasteiger partial charge on any atom is -0.485 e. The normalized spacial score (nSPS) is 15.8. The van der Waals surface area contributed by atoms with E-state index >= 15 is 0 Å². The van der Waals surface area contributed by atoms with Crippen LogP contribution in [0.5, 0.6) is 11.5 Å². The first-order chi connectivity index (χ1) is 12.9. The SMILES string of the molecule is c1ccc2c(c1)OC[C@H](c1nc(-c3ccc(-n4cccn4)nc3)no1)O2. The maximum Gasteiger partial charge on any atom is 0.271 e. The summed E-state index contributed by atoms with van der Waals surface area (Å²) in [6.45, 7) is 0.315. The third-order valence-electron chi connectivity index (χ3n) is 3.97. The molecule has 5 rings (SSSR count). The van der Waals surface area contributed by atoms with E-state index in [4.69, 9.17) is 14.0 Å². The van der Waals surface area contributed by atoms with Crippen molar-refractivity contribution in [3.8, 4) is 28.7 Å². The van der Waals surface area contributed by atoms with Gasteiger partial charge in [0.25, 0.3) is 5.89 Å². The highest BCUT2D eigenvalue weighted by molar-refractivity contribution is 5.53. The van der Waals surface area contributed by atoms with Crippen molar-refractivity contribution in [2.45, 2.75) is 6.10 Å². The Hall–Kier alpha value is -3.68. The van der Waals surface area contributed by atoms with E-state index in [0.29, 0.717) is 35.6 Å². The molecule has 0 bridgehead atoms. The van der Waals surface area contributed by atoms with Gasteiger partial charge in [-0.15, -0.1) is 0 Å². The molecule has 1 aromatic carbocycles. The van der Waals surface area contributed by atoms with E-state index in [-0.39, 0.29) is 0 Å². The molecule has 8 nitrogen and oxygen atoms in total. The van der Waals surface area contributed by atoms with Gasteiger partial charge in [-0.2, -0.15) is 10.1 Å². The molecule has 3 aromatic heterocycles. The fourth-order valence-electron chi connectivity index (χ4n) is 2.68. The van der Waals surface area contributed by atoms with Crippen LogP contribution in [0.25, 0.3) is 17.2 Å². The van der Waals surface area contributed by atoms with E-state index in [2.05, 4.69) is 20.2 Å². The average Bonchev–Trinajstić information content (AvgIpc) is 3.40. The highest BCUT2D eigenvalue weighted by atomic mass is 16.6. The predicted octanol–water partition coefficient (Wildman–Crippen LogP) is 2.83. The third kappa shape index (κ3) is 2.57. The fourth-order valence-corrected chi connectivity index (χ4v) is 2.68. The number of rotatable bonds is 3. The summed E-state index contributed by atoms with van der Waals surface area (Å²) in [7, 11) is 0. The number of pyridine rings is 1. The molecule has 0 amide bonds. The van der Waals surface area contributed by atoms with Crippen LogP contribution in [-0.2, 0) is 0 Å². The molecule has 0 N–H and O–H groups in total. The second-order valence-electron chi connectivity index (χ2n) is 5.68. The van der Waals surface area contributed by atoms with Crippen molar-refractivity contribution in [3.63, 3.8) is 0 Å². The lowest BCUT2D eigenvalue weighted by molar-refractivity contribution is 0.0665. The van der Waals surface area contributed by atoms with E-state index in [1.807, 2.05) is 48.7 Å². The van der Waals surface area contributed by atoms with Crippen molar-refractivity contribution in [1.29, 1.82) is 0 Å². The van der Waals surface area contributed by atoms with Gasteiger partial charge in [0.2, 0.25) is 11.9 Å². The number of aromatic nitrogens is 5. The number of nitrogens with zero attached hydrogens (tertiary/aromatic N) is 5. The molecule has 26 heavy (non-hydrogen) atoms. The molecular formula is C18H13N5O3. The Morgan fingerprint density at radius 3 is 2.77 bits per heavy atom. The lowest BCUT2D eigenvalue weighted by Gasteiger charge is -2.23. The fraction of sp³-hybridized carbons (Fsp3) is 0.111. The quantitative estimate of drug-likeness (QED) is 0.563. The Bertz CT molecular complexity index is 1030. The van der Waals surface area contributed by atoms with E-state index < -0.39 is 6.10 Å². The Morgan fingerprint density at radius 2 is 1.96 bits per heavy atom. The van der Waals surface area contributed by atoms with Crippen LogP contribution in [0.3, 0.4) is 0 Å². The molecule has 0 fully saturated rings. The summed E-state index contributed by atoms with van der Waals surface area (Å²) in [4.78, 5) is 8.80. The van der Waals surface area contributed by atoms with E-state index in [9.17, 15) is 0 Å². The van der Waals surface area contributed by atoms with E-state index in [1.54, 1.807) is 17.1 Å². The number of fused-ring (bicyclic) bond motifs is 1. The largest absolute Gasteiger partial charge is 0.485 e. The van der Waals surface area contributed by atoms with Gasteiger partial charge < -0.3 is 14.0 Å². The first kappa shape index (κ1) is 14.6. The van der Waals surface area contributed by atoms with Crippen molar-refractivity contribution in [1.82, 2.24) is 24.9 Å². The maximum atomic E-state index is 5.89. The summed E-state index contributed by atoms with van der Waals surface area (Å²) in [6.07, 6.45) is 4.76. The summed E-state index contributed by atoms with van der Waals surface area (Å²) in [5.41, 5.74) is 0.744. The zero-order chi connectivity index (χ0) is 17.3. The molecular weight excluding hydrogens is 334 g/mol. The summed E-state index contributed by atoms with van der Waals surface area (Å²) in [5, 5.41) is 8.17. The molecule has 1 atom stereocenters. The minimum atomic E-state index is -0.442. The molecule has 1 aliphatic heterocycles. The summed E-state index contributed by atoms with van der Waals surface area (Å²) in [5.74, 6) is 2.89. The van der Waals surface area contributed by atoms with Crippen molar-refractivity contribution in [3.05, 3.63) is 66.9 Å². The molecule has 0 aliphatic carbocycles. The van der Waals surface area contributed by atoms with Gasteiger partial charge in [-0.25, -0.2) is 9.67 Å². The van der Waals surface area contributed by atoms with Crippen LogP contribution in [-0.4, -0.2) is 31.5 Å². The summed E-state index contributed by atoms with van der Waals surface area (Å²) < 4.78 is 18.6. The lowest BCUT2D eigenvalue weighted by atomic mass is 10.2. The van der Waals surface area contributed by atoms with Crippen LogP contribution in [0.2, 0.25) is 0 Å². The number of hydrogen-bond acceptors (Lipinski definition) is 7. The monoisotopic (exact) mass is 347 g/mol. The number of para-hydroxylation sites is 2. The molecule has 4 heterocycles. The van der Waals surface area contributed by atoms with Crippen molar-refractivity contribution in [2.75, 3.05) is 6.61 Å². The second-order valence-corrected chi connectivity index (χ2v) is 5.68. The van der Waals surface area contributed by atoms with Gasteiger partial charge in [-0.3, -0.25) is 0 Å². The standard InChI is InChI=1S/C18H13N5O3/c1-2-5-14-13(4-1)24-11-15(25-14)18-21-17(22-26-18)12-6-7-16(19-10-12)23-9-3-8-20-23/h1-10,15H,11H2/t15-/m1/s1. The molecule has 1 aliphatic rings. The van der Waals surface area contributed by atoms with E-state index in [0.717, 1.165) is 5.56 Å². The third-order valence-corrected chi connectivity index (χ3v) is 3.97. The van der Waals surface area contributed by atoms with Crippen LogP contribution < -0.4 is 9.47 Å².